The molecule has 130 valence electrons. The Morgan fingerprint density at radius 3 is 2.83 bits per heavy atom. The van der Waals surface area contributed by atoms with Crippen molar-refractivity contribution in [2.45, 2.75) is 37.9 Å². The van der Waals surface area contributed by atoms with Crippen LogP contribution in [-0.2, 0) is 14.6 Å². The number of hydrogen-bond donors (Lipinski definition) is 1. The molecular formula is C14H19N5O3S2. The van der Waals surface area contributed by atoms with Crippen LogP contribution < -0.4 is 5.32 Å². The van der Waals surface area contributed by atoms with Crippen molar-refractivity contribution in [1.29, 1.82) is 0 Å². The van der Waals surface area contributed by atoms with Gasteiger partial charge in [-0.05, 0) is 33.3 Å². The molecule has 1 amide bonds. The summed E-state index contributed by atoms with van der Waals surface area (Å²) in [6.45, 7) is 5.58. The lowest BCUT2D eigenvalue weighted by atomic mass is 10.0. The summed E-state index contributed by atoms with van der Waals surface area (Å²) < 4.78 is 25.0. The van der Waals surface area contributed by atoms with Gasteiger partial charge in [-0.25, -0.2) is 13.4 Å². The molecule has 24 heavy (non-hydrogen) atoms. The third kappa shape index (κ3) is 3.54. The zero-order valence-electron chi connectivity index (χ0n) is 13.7. The van der Waals surface area contributed by atoms with E-state index in [4.69, 9.17) is 0 Å². The number of sulfone groups is 1. The predicted molar refractivity (Wildman–Crippen MR) is 90.8 cm³/mol. The summed E-state index contributed by atoms with van der Waals surface area (Å²) in [5.41, 5.74) is 1.12. The molecule has 1 atom stereocenters. The van der Waals surface area contributed by atoms with Crippen LogP contribution in [-0.4, -0.2) is 56.7 Å². The number of aromatic nitrogens is 4. The summed E-state index contributed by atoms with van der Waals surface area (Å²) >= 11 is 1.25. The van der Waals surface area contributed by atoms with E-state index in [2.05, 4.69) is 20.5 Å². The summed E-state index contributed by atoms with van der Waals surface area (Å²) in [6, 6.07) is 1.92. The molecule has 2 aromatic heterocycles. The maximum Gasteiger partial charge on any atom is 0.256 e. The van der Waals surface area contributed by atoms with E-state index < -0.39 is 15.4 Å². The maximum absolute atomic E-state index is 12.2. The Morgan fingerprint density at radius 2 is 2.17 bits per heavy atom. The number of amides is 1. The van der Waals surface area contributed by atoms with Crippen molar-refractivity contribution in [3.8, 4) is 0 Å². The predicted octanol–water partition coefficient (Wildman–Crippen LogP) is 0.527. The summed E-state index contributed by atoms with van der Waals surface area (Å²) in [5, 5.41) is 11.5. The average Bonchev–Trinajstić information content (AvgIpc) is 2.97. The zero-order valence-corrected chi connectivity index (χ0v) is 15.4. The van der Waals surface area contributed by atoms with Crippen molar-refractivity contribution in [1.82, 2.24) is 24.9 Å². The number of rotatable bonds is 4. The third-order valence-electron chi connectivity index (χ3n) is 3.94. The van der Waals surface area contributed by atoms with E-state index in [0.717, 1.165) is 11.4 Å². The standard InChI is InChI=1S/C14H19N5O3S2/c1-9-6-10(2)19-12(15-9)17-18-13(19)23-7-11(20)16-14(3)4-5-24(21,22)8-14/h6H,4-5,7-8H2,1-3H3,(H,16,20)/t14-/m0/s1. The number of fused-ring (bicyclic) bond motifs is 1. The lowest BCUT2D eigenvalue weighted by Gasteiger charge is -2.23. The topological polar surface area (TPSA) is 106 Å². The maximum atomic E-state index is 12.2. The Morgan fingerprint density at radius 1 is 1.42 bits per heavy atom. The molecule has 1 aliphatic heterocycles. The first kappa shape index (κ1) is 17.2. The van der Waals surface area contributed by atoms with Gasteiger partial charge in [0.2, 0.25) is 5.91 Å². The molecule has 3 heterocycles. The molecule has 0 radical (unpaired) electrons. The van der Waals surface area contributed by atoms with Crippen molar-refractivity contribution < 1.29 is 13.2 Å². The normalized spacial score (nSPS) is 22.8. The van der Waals surface area contributed by atoms with Gasteiger partial charge in [-0.2, -0.15) is 0 Å². The number of nitrogens with zero attached hydrogens (tertiary/aromatic N) is 4. The van der Waals surface area contributed by atoms with E-state index in [9.17, 15) is 13.2 Å². The number of thioether (sulfide) groups is 1. The molecule has 8 nitrogen and oxygen atoms in total. The van der Waals surface area contributed by atoms with Gasteiger partial charge in [0.15, 0.2) is 15.0 Å². The van der Waals surface area contributed by atoms with E-state index in [1.165, 1.54) is 11.8 Å². The van der Waals surface area contributed by atoms with E-state index in [-0.39, 0.29) is 23.2 Å². The lowest BCUT2D eigenvalue weighted by molar-refractivity contribution is -0.120. The lowest BCUT2D eigenvalue weighted by Crippen LogP contribution is -2.47. The highest BCUT2D eigenvalue weighted by atomic mass is 32.2. The van der Waals surface area contributed by atoms with Gasteiger partial charge >= 0.3 is 0 Å². The van der Waals surface area contributed by atoms with Crippen molar-refractivity contribution in [2.75, 3.05) is 17.3 Å². The van der Waals surface area contributed by atoms with E-state index in [1.54, 1.807) is 11.3 Å². The quantitative estimate of drug-likeness (QED) is 0.783. The monoisotopic (exact) mass is 369 g/mol. The minimum Gasteiger partial charge on any atom is -0.349 e. The summed E-state index contributed by atoms with van der Waals surface area (Å²) in [5.74, 6) is 0.546. The molecule has 1 saturated heterocycles. The average molecular weight is 369 g/mol. The zero-order chi connectivity index (χ0) is 17.5. The van der Waals surface area contributed by atoms with Crippen LogP contribution in [0.15, 0.2) is 11.2 Å². The van der Waals surface area contributed by atoms with Gasteiger partial charge in [-0.15, -0.1) is 10.2 Å². The van der Waals surface area contributed by atoms with E-state index in [0.29, 0.717) is 17.4 Å². The Kier molecular flexibility index (Phi) is 4.28. The van der Waals surface area contributed by atoms with Gasteiger partial charge in [-0.1, -0.05) is 11.8 Å². The van der Waals surface area contributed by atoms with Crippen molar-refractivity contribution >= 4 is 33.3 Å². The van der Waals surface area contributed by atoms with Gasteiger partial charge < -0.3 is 5.32 Å². The number of carbonyl (C=O) groups excluding carboxylic acids is 1. The van der Waals surface area contributed by atoms with Gasteiger partial charge in [0.25, 0.3) is 5.78 Å². The molecule has 0 bridgehead atoms. The Balaban J connectivity index is 1.67. The number of carbonyl (C=O) groups is 1. The van der Waals surface area contributed by atoms with E-state index >= 15 is 0 Å². The Labute approximate surface area is 144 Å². The Hall–Kier alpha value is -1.68. The van der Waals surface area contributed by atoms with Gasteiger partial charge in [-0.3, -0.25) is 9.20 Å². The fraction of sp³-hybridized carbons (Fsp3) is 0.571. The largest absolute Gasteiger partial charge is 0.349 e. The molecule has 1 aliphatic rings. The van der Waals surface area contributed by atoms with E-state index in [1.807, 2.05) is 19.9 Å². The molecule has 0 spiro atoms. The number of aryl methyl sites for hydroxylation is 2. The summed E-state index contributed by atoms with van der Waals surface area (Å²) in [6.07, 6.45) is 0.446. The highest BCUT2D eigenvalue weighted by molar-refractivity contribution is 7.99. The van der Waals surface area contributed by atoms with Crippen molar-refractivity contribution in [3.05, 3.63) is 17.5 Å². The third-order valence-corrected chi connectivity index (χ3v) is 6.77. The minimum absolute atomic E-state index is 0.00737. The summed E-state index contributed by atoms with van der Waals surface area (Å²) in [7, 11) is -3.05. The van der Waals surface area contributed by atoms with Crippen LogP contribution in [0.1, 0.15) is 24.7 Å². The molecule has 3 rings (SSSR count). The molecule has 1 fully saturated rings. The van der Waals surface area contributed by atoms with Gasteiger partial charge in [0.1, 0.15) is 0 Å². The molecule has 10 heteroatoms. The second kappa shape index (κ2) is 5.99. The van der Waals surface area contributed by atoms with Crippen molar-refractivity contribution in [3.63, 3.8) is 0 Å². The number of nitrogens with one attached hydrogen (secondary N) is 1. The molecule has 0 unspecified atom stereocenters. The molecule has 0 saturated carbocycles. The SMILES string of the molecule is Cc1cc(C)n2c(SCC(=O)N[C@@]3(C)CCS(=O)(=O)C3)nnc2n1. The van der Waals surface area contributed by atoms with Crippen LogP contribution in [0.25, 0.3) is 5.78 Å². The van der Waals surface area contributed by atoms with Crippen LogP contribution in [0.2, 0.25) is 0 Å². The second-order valence-corrected chi connectivity index (χ2v) is 9.52. The minimum atomic E-state index is -3.05. The number of hydrogen-bond acceptors (Lipinski definition) is 7. The highest BCUT2D eigenvalue weighted by Gasteiger charge is 2.39. The first-order valence-electron chi connectivity index (χ1n) is 7.51. The van der Waals surface area contributed by atoms with Crippen LogP contribution in [0.4, 0.5) is 0 Å². The molecule has 1 N–H and O–H groups in total. The molecule has 0 aliphatic carbocycles. The van der Waals surface area contributed by atoms with Gasteiger partial charge in [0, 0.05) is 11.4 Å². The summed E-state index contributed by atoms with van der Waals surface area (Å²) in [4.78, 5) is 16.5. The Bertz CT molecular complexity index is 909. The van der Waals surface area contributed by atoms with Crippen LogP contribution in [0, 0.1) is 13.8 Å². The first-order chi connectivity index (χ1) is 11.2. The van der Waals surface area contributed by atoms with Crippen LogP contribution in [0.3, 0.4) is 0 Å². The van der Waals surface area contributed by atoms with Crippen molar-refractivity contribution in [2.24, 2.45) is 0 Å². The second-order valence-electron chi connectivity index (χ2n) is 6.40. The smallest absolute Gasteiger partial charge is 0.256 e. The molecule has 0 aromatic carbocycles. The van der Waals surface area contributed by atoms with Gasteiger partial charge in [0.05, 0.1) is 22.8 Å². The first-order valence-corrected chi connectivity index (χ1v) is 10.3. The van der Waals surface area contributed by atoms with Crippen LogP contribution >= 0.6 is 11.8 Å². The fourth-order valence-corrected chi connectivity index (χ4v) is 5.78. The molecule has 2 aromatic rings. The van der Waals surface area contributed by atoms with Crippen LogP contribution in [0.5, 0.6) is 0 Å². The molecular weight excluding hydrogens is 350 g/mol. The highest BCUT2D eigenvalue weighted by Crippen LogP contribution is 2.24. The fourth-order valence-electron chi connectivity index (χ4n) is 2.91.